The Morgan fingerprint density at radius 1 is 1.19 bits per heavy atom. The van der Waals surface area contributed by atoms with Crippen LogP contribution in [-0.4, -0.2) is 6.61 Å². The summed E-state index contributed by atoms with van der Waals surface area (Å²) in [7, 11) is 0. The molecule has 1 heterocycles. The molecule has 0 atom stereocenters. The van der Waals surface area contributed by atoms with Crippen LogP contribution in [0.2, 0.25) is 0 Å². The van der Waals surface area contributed by atoms with Gasteiger partial charge in [-0.2, -0.15) is 0 Å². The molecule has 0 fully saturated rings. The fourth-order valence-electron chi connectivity index (χ4n) is 2.32. The van der Waals surface area contributed by atoms with Crippen LogP contribution < -0.4 is 4.74 Å². The summed E-state index contributed by atoms with van der Waals surface area (Å²) in [5.74, 6) is 1.69. The van der Waals surface area contributed by atoms with Crippen molar-refractivity contribution in [2.24, 2.45) is 0 Å². The molecule has 1 aromatic rings. The monoisotopic (exact) mass is 218 g/mol. The molecule has 0 aromatic heterocycles. The fraction of sp³-hybridized carbons (Fsp3) is 0.600. The van der Waals surface area contributed by atoms with Gasteiger partial charge in [0.15, 0.2) is 0 Å². The molecule has 0 saturated carbocycles. The van der Waals surface area contributed by atoms with E-state index in [9.17, 15) is 0 Å². The van der Waals surface area contributed by atoms with Crippen LogP contribution in [0.25, 0.3) is 0 Å². The molecule has 0 spiro atoms. The smallest absolute Gasteiger partial charge is 0.123 e. The van der Waals surface area contributed by atoms with Crippen LogP contribution in [0.4, 0.5) is 0 Å². The van der Waals surface area contributed by atoms with Crippen molar-refractivity contribution in [1.29, 1.82) is 0 Å². The van der Waals surface area contributed by atoms with E-state index < -0.39 is 0 Å². The lowest BCUT2D eigenvalue weighted by Gasteiger charge is -2.24. The third-order valence-corrected chi connectivity index (χ3v) is 3.32. The summed E-state index contributed by atoms with van der Waals surface area (Å²) < 4.78 is 5.73. The molecule has 16 heavy (non-hydrogen) atoms. The second-order valence-electron chi connectivity index (χ2n) is 6.05. The van der Waals surface area contributed by atoms with Crippen molar-refractivity contribution in [1.82, 2.24) is 0 Å². The molecule has 0 bridgehead atoms. The maximum Gasteiger partial charge on any atom is 0.123 e. The molecule has 1 aromatic carbocycles. The minimum absolute atomic E-state index is 0.211. The van der Waals surface area contributed by atoms with Crippen molar-refractivity contribution in [3.05, 3.63) is 28.8 Å². The molecule has 0 aliphatic carbocycles. The SMILES string of the molecule is CC(C)c1cc2c(c(C(C)(C)C)c1)CCO2. The Labute approximate surface area is 98.8 Å². The number of ether oxygens (including phenoxy) is 1. The van der Waals surface area contributed by atoms with E-state index in [0.29, 0.717) is 5.92 Å². The predicted octanol–water partition coefficient (Wildman–Crippen LogP) is 4.04. The van der Waals surface area contributed by atoms with Crippen LogP contribution in [0, 0.1) is 0 Å². The molecule has 1 nitrogen and oxygen atoms in total. The van der Waals surface area contributed by atoms with Gasteiger partial charge >= 0.3 is 0 Å². The van der Waals surface area contributed by atoms with Gasteiger partial charge in [0.2, 0.25) is 0 Å². The van der Waals surface area contributed by atoms with Crippen molar-refractivity contribution < 1.29 is 4.74 Å². The second kappa shape index (κ2) is 3.80. The van der Waals surface area contributed by atoms with E-state index in [0.717, 1.165) is 18.8 Å². The quantitative estimate of drug-likeness (QED) is 0.691. The summed E-state index contributed by atoms with van der Waals surface area (Å²) >= 11 is 0. The standard InChI is InChI=1S/C15H22O/c1-10(2)11-8-13(15(3,4)5)12-6-7-16-14(12)9-11/h8-10H,6-7H2,1-5H3. The van der Waals surface area contributed by atoms with Crippen molar-refractivity contribution in [2.45, 2.75) is 52.4 Å². The highest BCUT2D eigenvalue weighted by Gasteiger charge is 2.25. The van der Waals surface area contributed by atoms with Crippen LogP contribution in [0.3, 0.4) is 0 Å². The molecule has 1 aliphatic heterocycles. The molecular formula is C15H22O. The van der Waals surface area contributed by atoms with Crippen LogP contribution in [0.1, 0.15) is 57.2 Å². The highest BCUT2D eigenvalue weighted by Crippen LogP contribution is 2.38. The van der Waals surface area contributed by atoms with Gasteiger partial charge in [-0.15, -0.1) is 0 Å². The van der Waals surface area contributed by atoms with E-state index in [2.05, 4.69) is 46.8 Å². The number of benzene rings is 1. The second-order valence-corrected chi connectivity index (χ2v) is 6.05. The lowest BCUT2D eigenvalue weighted by molar-refractivity contribution is 0.356. The van der Waals surface area contributed by atoms with Crippen molar-refractivity contribution in [3.63, 3.8) is 0 Å². The summed E-state index contributed by atoms with van der Waals surface area (Å²) in [6, 6.07) is 4.60. The van der Waals surface area contributed by atoms with Crippen LogP contribution in [-0.2, 0) is 11.8 Å². The molecular weight excluding hydrogens is 196 g/mol. The van der Waals surface area contributed by atoms with E-state index in [-0.39, 0.29) is 5.41 Å². The van der Waals surface area contributed by atoms with Crippen LogP contribution in [0.15, 0.2) is 12.1 Å². The predicted molar refractivity (Wildman–Crippen MR) is 68.4 cm³/mol. The molecule has 88 valence electrons. The third kappa shape index (κ3) is 1.95. The van der Waals surface area contributed by atoms with Gasteiger partial charge in [0.05, 0.1) is 6.61 Å². The lowest BCUT2D eigenvalue weighted by atomic mass is 9.81. The Morgan fingerprint density at radius 2 is 1.88 bits per heavy atom. The molecule has 1 heteroatoms. The summed E-state index contributed by atoms with van der Waals surface area (Å²) in [4.78, 5) is 0. The topological polar surface area (TPSA) is 9.23 Å². The van der Waals surface area contributed by atoms with Gasteiger partial charge in [-0.3, -0.25) is 0 Å². The van der Waals surface area contributed by atoms with Crippen molar-refractivity contribution in [2.75, 3.05) is 6.61 Å². The number of hydrogen-bond acceptors (Lipinski definition) is 1. The van der Waals surface area contributed by atoms with Gasteiger partial charge in [0.1, 0.15) is 5.75 Å². The molecule has 0 unspecified atom stereocenters. The molecule has 0 radical (unpaired) electrons. The average molecular weight is 218 g/mol. The Balaban J connectivity index is 2.58. The Bertz CT molecular complexity index is 397. The number of rotatable bonds is 1. The third-order valence-electron chi connectivity index (χ3n) is 3.32. The Morgan fingerprint density at radius 3 is 2.44 bits per heavy atom. The van der Waals surface area contributed by atoms with Crippen LogP contribution >= 0.6 is 0 Å². The first-order valence-corrected chi connectivity index (χ1v) is 6.19. The number of fused-ring (bicyclic) bond motifs is 1. The Kier molecular flexibility index (Phi) is 2.73. The van der Waals surface area contributed by atoms with E-state index in [1.165, 1.54) is 16.7 Å². The maximum atomic E-state index is 5.73. The fourth-order valence-corrected chi connectivity index (χ4v) is 2.32. The van der Waals surface area contributed by atoms with Crippen LogP contribution in [0.5, 0.6) is 5.75 Å². The molecule has 0 N–H and O–H groups in total. The zero-order valence-corrected chi connectivity index (χ0v) is 11.1. The number of hydrogen-bond donors (Lipinski definition) is 0. The maximum absolute atomic E-state index is 5.73. The van der Waals surface area contributed by atoms with Gasteiger partial charge in [0, 0.05) is 12.0 Å². The first-order valence-electron chi connectivity index (χ1n) is 6.19. The summed E-state index contributed by atoms with van der Waals surface area (Å²) in [5, 5.41) is 0. The summed E-state index contributed by atoms with van der Waals surface area (Å²) in [6.45, 7) is 12.2. The van der Waals surface area contributed by atoms with Crippen molar-refractivity contribution >= 4 is 0 Å². The molecule has 1 aliphatic rings. The van der Waals surface area contributed by atoms with E-state index >= 15 is 0 Å². The van der Waals surface area contributed by atoms with Gasteiger partial charge < -0.3 is 4.74 Å². The molecule has 0 saturated heterocycles. The lowest BCUT2D eigenvalue weighted by Crippen LogP contribution is -2.14. The van der Waals surface area contributed by atoms with E-state index in [1.54, 1.807) is 0 Å². The van der Waals surface area contributed by atoms with Crippen molar-refractivity contribution in [3.8, 4) is 5.75 Å². The molecule has 0 amide bonds. The van der Waals surface area contributed by atoms with Gasteiger partial charge in [-0.25, -0.2) is 0 Å². The summed E-state index contributed by atoms with van der Waals surface area (Å²) in [5.41, 5.74) is 4.50. The zero-order chi connectivity index (χ0) is 11.9. The average Bonchev–Trinajstić information content (AvgIpc) is 2.61. The normalized spacial score (nSPS) is 15.1. The molecule has 2 rings (SSSR count). The highest BCUT2D eigenvalue weighted by molar-refractivity contribution is 5.49. The highest BCUT2D eigenvalue weighted by atomic mass is 16.5. The zero-order valence-electron chi connectivity index (χ0n) is 11.1. The summed E-state index contributed by atoms with van der Waals surface area (Å²) in [6.07, 6.45) is 1.07. The minimum atomic E-state index is 0.211. The minimum Gasteiger partial charge on any atom is -0.493 e. The first-order chi connectivity index (χ1) is 7.39. The van der Waals surface area contributed by atoms with E-state index in [4.69, 9.17) is 4.74 Å². The van der Waals surface area contributed by atoms with Gasteiger partial charge in [-0.1, -0.05) is 40.7 Å². The Hall–Kier alpha value is -0.980. The van der Waals surface area contributed by atoms with Gasteiger partial charge in [0.25, 0.3) is 0 Å². The van der Waals surface area contributed by atoms with E-state index in [1.807, 2.05) is 0 Å². The first kappa shape index (κ1) is 11.5. The largest absolute Gasteiger partial charge is 0.493 e. The van der Waals surface area contributed by atoms with Gasteiger partial charge in [-0.05, 0) is 28.5 Å².